The number of aliphatic imine (C=N–C) groups is 1. The van der Waals surface area contributed by atoms with Gasteiger partial charge in [-0.05, 0) is 55.5 Å². The molecule has 0 aromatic heterocycles. The lowest BCUT2D eigenvalue weighted by Crippen LogP contribution is -2.66. The number of carbonyl (C=O) groups is 3. The Labute approximate surface area is 151 Å². The van der Waals surface area contributed by atoms with Crippen LogP contribution in [0.15, 0.2) is 28.8 Å². The zero-order chi connectivity index (χ0) is 18.4. The second kappa shape index (κ2) is 6.09. The molecule has 3 aliphatic rings. The van der Waals surface area contributed by atoms with Crippen molar-refractivity contribution in [1.29, 1.82) is 0 Å². The van der Waals surface area contributed by atoms with Crippen LogP contribution >= 0.6 is 0 Å². The number of imide groups is 1. The van der Waals surface area contributed by atoms with Gasteiger partial charge in [-0.15, -0.1) is 0 Å². The number of benzene rings is 1. The topological polar surface area (TPSA) is 90.9 Å². The van der Waals surface area contributed by atoms with Gasteiger partial charge < -0.3 is 10.2 Å². The van der Waals surface area contributed by atoms with E-state index in [1.165, 1.54) is 0 Å². The van der Waals surface area contributed by atoms with Gasteiger partial charge in [0, 0.05) is 13.0 Å². The standard InChI is InChI=1S/C19H20N4O3/c1-10-8-13-14(9-11(10)2)23(7-6-12-4-3-5-15(12)24)17-16(20-13)18(25)22-19(26)21-17/h6,8-9,17H,3-5,7H2,1-2H3,(H2,21,22,25,26)/b12-6+. The Balaban J connectivity index is 1.78. The number of urea groups is 1. The molecule has 0 bridgehead atoms. The number of carbonyl (C=O) groups excluding carboxylic acids is 3. The molecule has 1 aliphatic carbocycles. The smallest absolute Gasteiger partial charge is 0.323 e. The van der Waals surface area contributed by atoms with Crippen LogP contribution in [-0.2, 0) is 9.59 Å². The first-order chi connectivity index (χ1) is 12.4. The Morgan fingerprint density at radius 1 is 1.19 bits per heavy atom. The van der Waals surface area contributed by atoms with Gasteiger partial charge in [0.15, 0.2) is 11.9 Å². The van der Waals surface area contributed by atoms with Crippen molar-refractivity contribution in [2.45, 2.75) is 39.3 Å². The molecule has 7 heteroatoms. The maximum absolute atomic E-state index is 12.3. The lowest BCUT2D eigenvalue weighted by atomic mass is 10.0. The van der Waals surface area contributed by atoms with E-state index in [0.29, 0.717) is 18.7 Å². The average molecular weight is 352 g/mol. The van der Waals surface area contributed by atoms with Crippen molar-refractivity contribution in [3.63, 3.8) is 0 Å². The van der Waals surface area contributed by atoms with Crippen LogP contribution in [0, 0.1) is 13.8 Å². The van der Waals surface area contributed by atoms with Crippen molar-refractivity contribution < 1.29 is 14.4 Å². The summed E-state index contributed by atoms with van der Waals surface area (Å²) in [5.74, 6) is -0.307. The minimum absolute atomic E-state index is 0.182. The van der Waals surface area contributed by atoms with E-state index in [9.17, 15) is 14.4 Å². The summed E-state index contributed by atoms with van der Waals surface area (Å²) in [6, 6.07) is 3.41. The fraction of sp³-hybridized carbons (Fsp3) is 0.368. The Morgan fingerprint density at radius 3 is 2.69 bits per heavy atom. The van der Waals surface area contributed by atoms with Gasteiger partial charge in [-0.1, -0.05) is 6.08 Å². The Morgan fingerprint density at radius 2 is 1.96 bits per heavy atom. The highest BCUT2D eigenvalue weighted by Gasteiger charge is 2.39. The molecule has 7 nitrogen and oxygen atoms in total. The zero-order valence-corrected chi connectivity index (χ0v) is 14.8. The Hall–Kier alpha value is -2.96. The van der Waals surface area contributed by atoms with Crippen LogP contribution in [0.5, 0.6) is 0 Å². The van der Waals surface area contributed by atoms with Crippen molar-refractivity contribution in [2.24, 2.45) is 4.99 Å². The number of rotatable bonds is 2. The SMILES string of the molecule is Cc1cc2c(cc1C)N(C/C=C1\CCCC1=O)C1NC(=O)NC(=O)C1=N2. The summed E-state index contributed by atoms with van der Waals surface area (Å²) in [6.45, 7) is 4.43. The first kappa shape index (κ1) is 16.5. The third-order valence-electron chi connectivity index (χ3n) is 5.18. The predicted octanol–water partition coefficient (Wildman–Crippen LogP) is 2.04. The summed E-state index contributed by atoms with van der Waals surface area (Å²) < 4.78 is 0. The minimum Gasteiger partial charge on any atom is -0.340 e. The molecule has 1 aromatic carbocycles. The molecule has 1 saturated carbocycles. The molecule has 26 heavy (non-hydrogen) atoms. The zero-order valence-electron chi connectivity index (χ0n) is 14.8. The van der Waals surface area contributed by atoms with E-state index in [2.05, 4.69) is 15.6 Å². The maximum atomic E-state index is 12.3. The lowest BCUT2D eigenvalue weighted by Gasteiger charge is -2.39. The van der Waals surface area contributed by atoms with Gasteiger partial charge in [-0.2, -0.15) is 0 Å². The van der Waals surface area contributed by atoms with Crippen molar-refractivity contribution in [3.8, 4) is 0 Å². The summed E-state index contributed by atoms with van der Waals surface area (Å²) in [4.78, 5) is 42.4. The van der Waals surface area contributed by atoms with Gasteiger partial charge in [0.1, 0.15) is 5.71 Å². The number of nitrogens with one attached hydrogen (secondary N) is 2. The van der Waals surface area contributed by atoms with Gasteiger partial charge in [-0.3, -0.25) is 14.9 Å². The van der Waals surface area contributed by atoms with Crippen molar-refractivity contribution in [1.82, 2.24) is 10.6 Å². The second-order valence-corrected chi connectivity index (χ2v) is 6.91. The molecule has 134 valence electrons. The van der Waals surface area contributed by atoms with Crippen molar-refractivity contribution in [2.75, 3.05) is 11.4 Å². The van der Waals surface area contributed by atoms with Gasteiger partial charge in [-0.25, -0.2) is 9.79 Å². The Kier molecular flexibility index (Phi) is 3.86. The van der Waals surface area contributed by atoms with Gasteiger partial charge in [0.2, 0.25) is 0 Å². The molecule has 2 N–H and O–H groups in total. The van der Waals surface area contributed by atoms with Gasteiger partial charge in [0.25, 0.3) is 5.91 Å². The van der Waals surface area contributed by atoms with E-state index in [4.69, 9.17) is 0 Å². The normalized spacial score (nSPS) is 23.4. The third-order valence-corrected chi connectivity index (χ3v) is 5.18. The number of ketones is 1. The fourth-order valence-electron chi connectivity index (χ4n) is 3.60. The number of hydrogen-bond donors (Lipinski definition) is 2. The van der Waals surface area contributed by atoms with Crippen LogP contribution < -0.4 is 15.5 Å². The molecule has 2 fully saturated rings. The molecule has 0 spiro atoms. The van der Waals surface area contributed by atoms with E-state index in [1.807, 2.05) is 37.0 Å². The van der Waals surface area contributed by atoms with Crippen LogP contribution in [0.2, 0.25) is 0 Å². The fourth-order valence-corrected chi connectivity index (χ4v) is 3.60. The number of fused-ring (bicyclic) bond motifs is 2. The summed E-state index contributed by atoms with van der Waals surface area (Å²) in [7, 11) is 0. The number of aryl methyl sites for hydroxylation is 2. The highest BCUT2D eigenvalue weighted by Crippen LogP contribution is 2.37. The summed E-state index contributed by atoms with van der Waals surface area (Å²) in [5.41, 5.74) is 4.81. The molecular weight excluding hydrogens is 332 g/mol. The highest BCUT2D eigenvalue weighted by molar-refractivity contribution is 6.46. The molecule has 0 radical (unpaired) electrons. The van der Waals surface area contributed by atoms with E-state index < -0.39 is 18.1 Å². The number of allylic oxidation sites excluding steroid dienone is 1. The number of anilines is 1. The summed E-state index contributed by atoms with van der Waals surface area (Å²) in [5, 5.41) is 5.01. The van der Waals surface area contributed by atoms with Gasteiger partial charge in [0.05, 0.1) is 11.4 Å². The molecule has 4 rings (SSSR count). The highest BCUT2D eigenvalue weighted by atomic mass is 16.2. The van der Waals surface area contributed by atoms with Gasteiger partial charge >= 0.3 is 6.03 Å². The molecule has 1 unspecified atom stereocenters. The molecule has 1 aromatic rings. The van der Waals surface area contributed by atoms with Crippen LogP contribution in [0.1, 0.15) is 30.4 Å². The number of Topliss-reactive ketones (excluding diaryl/α,β-unsaturated/α-hetero) is 1. The first-order valence-electron chi connectivity index (χ1n) is 8.74. The third kappa shape index (κ3) is 2.69. The summed E-state index contributed by atoms with van der Waals surface area (Å²) >= 11 is 0. The van der Waals surface area contributed by atoms with Crippen LogP contribution in [0.4, 0.5) is 16.2 Å². The number of hydrogen-bond acceptors (Lipinski definition) is 5. The largest absolute Gasteiger partial charge is 0.340 e. The average Bonchev–Trinajstić information content (AvgIpc) is 2.99. The van der Waals surface area contributed by atoms with E-state index >= 15 is 0 Å². The van der Waals surface area contributed by atoms with Crippen LogP contribution in [0.3, 0.4) is 0 Å². The summed E-state index contributed by atoms with van der Waals surface area (Å²) in [6.07, 6.45) is 3.53. The Bertz CT molecular complexity index is 900. The monoisotopic (exact) mass is 352 g/mol. The molecule has 1 atom stereocenters. The van der Waals surface area contributed by atoms with E-state index in [0.717, 1.165) is 35.2 Å². The molecule has 3 amide bonds. The van der Waals surface area contributed by atoms with Crippen molar-refractivity contribution in [3.05, 3.63) is 34.9 Å². The van der Waals surface area contributed by atoms with Crippen LogP contribution in [0.25, 0.3) is 0 Å². The number of nitrogens with zero attached hydrogens (tertiary/aromatic N) is 2. The molecular formula is C19H20N4O3. The van der Waals surface area contributed by atoms with Crippen LogP contribution in [-0.4, -0.2) is 36.1 Å². The molecule has 1 saturated heterocycles. The van der Waals surface area contributed by atoms with Crippen molar-refractivity contribution >= 4 is 34.8 Å². The predicted molar refractivity (Wildman–Crippen MR) is 97.8 cm³/mol. The minimum atomic E-state index is -0.640. The van der Waals surface area contributed by atoms with E-state index in [-0.39, 0.29) is 11.5 Å². The van der Waals surface area contributed by atoms with E-state index in [1.54, 1.807) is 0 Å². The quantitative estimate of drug-likeness (QED) is 0.797. The molecule has 2 heterocycles. The molecule has 2 aliphatic heterocycles. The first-order valence-corrected chi connectivity index (χ1v) is 8.74. The number of amides is 3. The lowest BCUT2D eigenvalue weighted by molar-refractivity contribution is -0.115. The maximum Gasteiger partial charge on any atom is 0.323 e. The second-order valence-electron chi connectivity index (χ2n) is 6.91.